The predicted molar refractivity (Wildman–Crippen MR) is 128 cm³/mol. The molecule has 0 spiro atoms. The van der Waals surface area contributed by atoms with Crippen molar-refractivity contribution in [3.63, 3.8) is 0 Å². The zero-order valence-electron chi connectivity index (χ0n) is 19.9. The van der Waals surface area contributed by atoms with Gasteiger partial charge in [-0.2, -0.15) is 0 Å². The monoisotopic (exact) mass is 506 g/mol. The molecule has 2 rings (SSSR count). The third kappa shape index (κ3) is 7.74. The number of sulfone groups is 1. The summed E-state index contributed by atoms with van der Waals surface area (Å²) in [7, 11) is 3.11. The number of carbonyl (C=O) groups is 2. The molecule has 1 aromatic carbocycles. The van der Waals surface area contributed by atoms with Crippen molar-refractivity contribution in [2.75, 3.05) is 40.9 Å². The van der Waals surface area contributed by atoms with E-state index >= 15 is 0 Å². The minimum Gasteiger partial charge on any atom is -0.496 e. The number of hydrogen-bond acceptors (Lipinski definition) is 10. The average molecular weight is 507 g/mol. The molecule has 0 radical (unpaired) electrons. The Morgan fingerprint density at radius 3 is 2.09 bits per heavy atom. The molecule has 0 unspecified atom stereocenters. The number of methoxy groups -OCH3 is 5. The van der Waals surface area contributed by atoms with Crippen LogP contribution in [0.2, 0.25) is 0 Å². The van der Waals surface area contributed by atoms with Crippen molar-refractivity contribution in [2.45, 2.75) is 5.75 Å². The molecule has 0 saturated carbocycles. The van der Waals surface area contributed by atoms with E-state index < -0.39 is 27.5 Å². The van der Waals surface area contributed by atoms with Gasteiger partial charge >= 0.3 is 5.97 Å². The van der Waals surface area contributed by atoms with Gasteiger partial charge in [-0.25, -0.2) is 18.2 Å². The summed E-state index contributed by atoms with van der Waals surface area (Å²) >= 11 is 0. The molecule has 12 heteroatoms. The van der Waals surface area contributed by atoms with E-state index in [0.717, 1.165) is 17.6 Å². The highest BCUT2D eigenvalue weighted by molar-refractivity contribution is 7.93. The van der Waals surface area contributed by atoms with Crippen molar-refractivity contribution in [3.05, 3.63) is 53.1 Å². The van der Waals surface area contributed by atoms with Crippen LogP contribution in [0.4, 0.5) is 5.82 Å². The predicted octanol–water partition coefficient (Wildman–Crippen LogP) is 2.37. The molecule has 1 amide bonds. The number of amides is 1. The molecule has 0 aliphatic rings. The van der Waals surface area contributed by atoms with Crippen molar-refractivity contribution in [3.8, 4) is 23.0 Å². The molecule has 188 valence electrons. The first kappa shape index (κ1) is 27.2. The molecule has 0 saturated heterocycles. The molecule has 0 fully saturated rings. The molecule has 0 aliphatic carbocycles. The zero-order valence-corrected chi connectivity index (χ0v) is 20.7. The van der Waals surface area contributed by atoms with Crippen LogP contribution in [0.15, 0.2) is 41.8 Å². The van der Waals surface area contributed by atoms with Crippen molar-refractivity contribution in [1.82, 2.24) is 4.98 Å². The Morgan fingerprint density at radius 1 is 0.914 bits per heavy atom. The van der Waals surface area contributed by atoms with Crippen LogP contribution in [-0.2, 0) is 29.9 Å². The molecule has 0 aliphatic heterocycles. The van der Waals surface area contributed by atoms with Crippen molar-refractivity contribution >= 4 is 33.6 Å². The molecule has 0 atom stereocenters. The molecule has 2 aromatic rings. The van der Waals surface area contributed by atoms with Gasteiger partial charge in [-0.3, -0.25) is 4.79 Å². The van der Waals surface area contributed by atoms with Gasteiger partial charge in [0.05, 0.1) is 52.6 Å². The summed E-state index contributed by atoms with van der Waals surface area (Å²) in [5, 5.41) is 3.46. The summed E-state index contributed by atoms with van der Waals surface area (Å²) in [5.41, 5.74) is 0.559. The number of aromatic nitrogens is 1. The Bertz CT molecular complexity index is 1210. The number of esters is 1. The van der Waals surface area contributed by atoms with Crippen LogP contribution < -0.4 is 24.3 Å². The molecule has 0 bridgehead atoms. The maximum absolute atomic E-state index is 12.8. The lowest BCUT2D eigenvalue weighted by atomic mass is 10.1. The number of rotatable bonds is 11. The van der Waals surface area contributed by atoms with Gasteiger partial charge in [0.15, 0.2) is 21.4 Å². The Balaban J connectivity index is 2.29. The summed E-state index contributed by atoms with van der Waals surface area (Å²) in [6.07, 6.45) is 3.24. The second-order valence-corrected chi connectivity index (χ2v) is 8.64. The first-order valence-corrected chi connectivity index (χ1v) is 11.7. The second kappa shape index (κ2) is 12.4. The quantitative estimate of drug-likeness (QED) is 0.357. The van der Waals surface area contributed by atoms with Crippen LogP contribution in [0.5, 0.6) is 23.0 Å². The first-order chi connectivity index (χ1) is 16.7. The highest BCUT2D eigenvalue weighted by atomic mass is 32.2. The van der Waals surface area contributed by atoms with Gasteiger partial charge in [0.1, 0.15) is 17.2 Å². The summed E-state index contributed by atoms with van der Waals surface area (Å²) < 4.78 is 51.0. The fraction of sp³-hybridized carbons (Fsp3) is 0.261. The van der Waals surface area contributed by atoms with Gasteiger partial charge in [-0.05, 0) is 18.2 Å². The maximum atomic E-state index is 12.8. The van der Waals surface area contributed by atoms with E-state index in [1.54, 1.807) is 12.1 Å². The first-order valence-electron chi connectivity index (χ1n) is 9.98. The Hall–Kier alpha value is -4.06. The highest BCUT2D eigenvalue weighted by Gasteiger charge is 2.16. The third-order valence-electron chi connectivity index (χ3n) is 4.49. The Kier molecular flexibility index (Phi) is 9.64. The van der Waals surface area contributed by atoms with Crippen LogP contribution in [0.1, 0.15) is 11.3 Å². The molecular formula is C23H26N2O9S. The normalized spacial score (nSPS) is 11.3. The average Bonchev–Trinajstić information content (AvgIpc) is 2.85. The second-order valence-electron chi connectivity index (χ2n) is 6.75. The molecular weight excluding hydrogens is 480 g/mol. The third-order valence-corrected chi connectivity index (χ3v) is 5.74. The van der Waals surface area contributed by atoms with E-state index in [1.165, 1.54) is 53.8 Å². The Labute approximate surface area is 203 Å². The number of benzene rings is 1. The molecule has 1 N–H and O–H groups in total. The molecule has 35 heavy (non-hydrogen) atoms. The van der Waals surface area contributed by atoms with E-state index in [0.29, 0.717) is 22.8 Å². The minimum atomic E-state index is -3.80. The largest absolute Gasteiger partial charge is 0.496 e. The molecule has 1 heterocycles. The van der Waals surface area contributed by atoms with Gasteiger partial charge in [0, 0.05) is 29.7 Å². The number of nitrogens with zero attached hydrogens (tertiary/aromatic N) is 1. The number of anilines is 1. The molecule has 11 nitrogen and oxygen atoms in total. The van der Waals surface area contributed by atoms with Crippen LogP contribution >= 0.6 is 0 Å². The van der Waals surface area contributed by atoms with Gasteiger partial charge in [-0.15, -0.1) is 0 Å². The van der Waals surface area contributed by atoms with E-state index in [2.05, 4.69) is 15.0 Å². The smallest absolute Gasteiger partial charge is 0.330 e. The van der Waals surface area contributed by atoms with Crippen LogP contribution in [-0.4, -0.2) is 60.8 Å². The van der Waals surface area contributed by atoms with Crippen molar-refractivity contribution < 1.29 is 41.7 Å². The van der Waals surface area contributed by atoms with Crippen LogP contribution in [0, 0.1) is 0 Å². The van der Waals surface area contributed by atoms with Crippen molar-refractivity contribution in [2.24, 2.45) is 0 Å². The number of carbonyl (C=O) groups excluding carboxylic acids is 2. The van der Waals surface area contributed by atoms with E-state index in [4.69, 9.17) is 18.9 Å². The van der Waals surface area contributed by atoms with Gasteiger partial charge in [-0.1, -0.05) is 0 Å². The molecule has 1 aromatic heterocycles. The van der Waals surface area contributed by atoms with Crippen LogP contribution in [0.25, 0.3) is 6.08 Å². The van der Waals surface area contributed by atoms with Crippen LogP contribution in [0.3, 0.4) is 0 Å². The van der Waals surface area contributed by atoms with Gasteiger partial charge < -0.3 is 29.0 Å². The van der Waals surface area contributed by atoms with Gasteiger partial charge in [0.2, 0.25) is 5.91 Å². The standard InChI is InChI=1S/C23H26N2O9S/c1-30-16-12-19(32-3)17(20(13-16)33-4)10-11-35(28,29)14-15-6-7-18(31-2)23(24-15)25-21(26)8-9-22(27)34-5/h6-13H,14H2,1-5H3,(H,24,25,26)/b9-8-,11-10-. The van der Waals surface area contributed by atoms with Crippen molar-refractivity contribution in [1.29, 1.82) is 0 Å². The SMILES string of the molecule is COC(=O)/C=C\C(=O)Nc1nc(CS(=O)(=O)/C=C\c2c(OC)cc(OC)cc2OC)ccc1OC. The van der Waals surface area contributed by atoms with E-state index in [-0.39, 0.29) is 17.3 Å². The summed E-state index contributed by atoms with van der Waals surface area (Å²) in [6.45, 7) is 0. The lowest BCUT2D eigenvalue weighted by Gasteiger charge is -2.12. The number of ether oxygens (including phenoxy) is 5. The summed E-state index contributed by atoms with van der Waals surface area (Å²) in [6, 6.07) is 6.13. The van der Waals surface area contributed by atoms with Gasteiger partial charge in [0.25, 0.3) is 0 Å². The highest BCUT2D eigenvalue weighted by Crippen LogP contribution is 2.35. The number of nitrogens with one attached hydrogen (secondary N) is 1. The lowest BCUT2D eigenvalue weighted by Crippen LogP contribution is -2.13. The minimum absolute atomic E-state index is 0.0119. The van der Waals surface area contributed by atoms with E-state index in [9.17, 15) is 18.0 Å². The zero-order chi connectivity index (χ0) is 26.0. The fourth-order valence-electron chi connectivity index (χ4n) is 2.81. The Morgan fingerprint density at radius 2 is 1.54 bits per heavy atom. The number of hydrogen-bond donors (Lipinski definition) is 1. The maximum Gasteiger partial charge on any atom is 0.330 e. The summed E-state index contributed by atoms with van der Waals surface area (Å²) in [4.78, 5) is 27.4. The fourth-order valence-corrected chi connectivity index (χ4v) is 3.83. The topological polar surface area (TPSA) is 139 Å². The number of pyridine rings is 1. The summed E-state index contributed by atoms with van der Waals surface area (Å²) in [5.74, 6) is -0.458. The lowest BCUT2D eigenvalue weighted by molar-refractivity contribution is -0.135. The van der Waals surface area contributed by atoms with E-state index in [1.807, 2.05) is 0 Å².